The molecule has 1 aromatic heterocycles. The molecule has 41 heavy (non-hydrogen) atoms. The van der Waals surface area contributed by atoms with Crippen molar-refractivity contribution in [2.24, 2.45) is 0 Å². The Balaban J connectivity index is 1.77. The van der Waals surface area contributed by atoms with E-state index in [-0.39, 0.29) is 18.5 Å². The molecule has 0 aliphatic carbocycles. The first-order valence-corrected chi connectivity index (χ1v) is 14.9. The standard InChI is InChI=1S/C32H43N3O5S/c1-6-25-10-8-11-27(20-25)33-32(37)35(17-9-19-40-7-2)23-31(36)34(22-28-14-12-24(3)41-28)18-16-26-13-15-29(38-4)30(21-26)39-5/h8,10-15,20-21H,6-7,9,16-19,22-23H2,1-5H3,(H,33,37). The van der Waals surface area contributed by atoms with Gasteiger partial charge in [0, 0.05) is 41.7 Å². The van der Waals surface area contributed by atoms with E-state index in [0.29, 0.717) is 57.2 Å². The lowest BCUT2D eigenvalue weighted by Gasteiger charge is -2.28. The van der Waals surface area contributed by atoms with Crippen LogP contribution in [0.4, 0.5) is 10.5 Å². The van der Waals surface area contributed by atoms with E-state index < -0.39 is 0 Å². The van der Waals surface area contributed by atoms with Crippen molar-refractivity contribution in [3.05, 3.63) is 75.5 Å². The Kier molecular flexibility index (Phi) is 13.0. The summed E-state index contributed by atoms with van der Waals surface area (Å²) >= 11 is 1.68. The summed E-state index contributed by atoms with van der Waals surface area (Å²) in [6, 6.07) is 17.4. The second-order valence-corrected chi connectivity index (χ2v) is 11.1. The molecule has 0 aliphatic heterocycles. The van der Waals surface area contributed by atoms with Gasteiger partial charge in [0.2, 0.25) is 5.91 Å². The fraction of sp³-hybridized carbons (Fsp3) is 0.438. The van der Waals surface area contributed by atoms with Crippen LogP contribution >= 0.6 is 11.3 Å². The molecule has 3 rings (SSSR count). The van der Waals surface area contributed by atoms with Crippen LogP contribution in [0, 0.1) is 6.92 Å². The van der Waals surface area contributed by atoms with E-state index in [4.69, 9.17) is 14.2 Å². The summed E-state index contributed by atoms with van der Waals surface area (Å²) in [6.07, 6.45) is 2.15. The van der Waals surface area contributed by atoms with Crippen molar-refractivity contribution in [3.8, 4) is 11.5 Å². The molecule has 8 nitrogen and oxygen atoms in total. The summed E-state index contributed by atoms with van der Waals surface area (Å²) in [6.45, 7) is 8.57. The van der Waals surface area contributed by atoms with Crippen LogP contribution in [-0.2, 0) is 28.9 Å². The number of nitrogens with one attached hydrogen (secondary N) is 1. The van der Waals surface area contributed by atoms with Crippen molar-refractivity contribution >= 4 is 29.0 Å². The number of nitrogens with zero attached hydrogens (tertiary/aromatic N) is 2. The van der Waals surface area contributed by atoms with Gasteiger partial charge in [-0.2, -0.15) is 0 Å². The van der Waals surface area contributed by atoms with Crippen molar-refractivity contribution in [1.29, 1.82) is 0 Å². The zero-order valence-corrected chi connectivity index (χ0v) is 25.7. The highest BCUT2D eigenvalue weighted by Crippen LogP contribution is 2.28. The number of carbonyl (C=O) groups excluding carboxylic acids is 2. The molecule has 0 fully saturated rings. The number of benzene rings is 2. The molecule has 0 bridgehead atoms. The number of ether oxygens (including phenoxy) is 3. The number of urea groups is 1. The van der Waals surface area contributed by atoms with Crippen molar-refractivity contribution in [2.45, 2.75) is 46.6 Å². The third-order valence-electron chi connectivity index (χ3n) is 6.73. The summed E-state index contributed by atoms with van der Waals surface area (Å²) in [5.41, 5.74) is 2.88. The molecule has 0 radical (unpaired) electrons. The lowest BCUT2D eigenvalue weighted by atomic mass is 10.1. The number of thiophene rings is 1. The van der Waals surface area contributed by atoms with Gasteiger partial charge in [-0.15, -0.1) is 11.3 Å². The minimum absolute atomic E-state index is 0.0261. The first kappa shape index (κ1) is 32.0. The largest absolute Gasteiger partial charge is 0.493 e. The summed E-state index contributed by atoms with van der Waals surface area (Å²) in [5.74, 6) is 1.21. The molecule has 3 aromatic rings. The Morgan fingerprint density at radius 2 is 1.71 bits per heavy atom. The number of amides is 3. The smallest absolute Gasteiger partial charge is 0.322 e. The molecule has 222 valence electrons. The number of rotatable bonds is 16. The molecule has 1 heterocycles. The molecule has 0 saturated heterocycles. The predicted octanol–water partition coefficient (Wildman–Crippen LogP) is 6.17. The van der Waals surface area contributed by atoms with E-state index in [0.717, 1.165) is 28.1 Å². The number of carbonyl (C=O) groups is 2. The zero-order chi connectivity index (χ0) is 29.6. The summed E-state index contributed by atoms with van der Waals surface area (Å²) in [4.78, 5) is 32.9. The summed E-state index contributed by atoms with van der Waals surface area (Å²) in [5, 5.41) is 2.99. The first-order valence-electron chi connectivity index (χ1n) is 14.1. The predicted molar refractivity (Wildman–Crippen MR) is 165 cm³/mol. The monoisotopic (exact) mass is 581 g/mol. The van der Waals surface area contributed by atoms with Crippen molar-refractivity contribution in [1.82, 2.24) is 9.80 Å². The van der Waals surface area contributed by atoms with E-state index in [1.165, 1.54) is 4.88 Å². The van der Waals surface area contributed by atoms with Crippen LogP contribution < -0.4 is 14.8 Å². The quantitative estimate of drug-likeness (QED) is 0.205. The van der Waals surface area contributed by atoms with Crippen LogP contribution in [-0.4, -0.2) is 68.8 Å². The molecule has 0 spiro atoms. The van der Waals surface area contributed by atoms with Crippen molar-refractivity contribution in [2.75, 3.05) is 52.4 Å². The van der Waals surface area contributed by atoms with Crippen LogP contribution in [0.25, 0.3) is 0 Å². The number of anilines is 1. The van der Waals surface area contributed by atoms with Crippen LogP contribution in [0.1, 0.15) is 41.1 Å². The fourth-order valence-electron chi connectivity index (χ4n) is 4.44. The maximum Gasteiger partial charge on any atom is 0.322 e. The molecule has 9 heteroatoms. The second-order valence-electron chi connectivity index (χ2n) is 9.72. The Labute approximate surface area is 248 Å². The van der Waals surface area contributed by atoms with E-state index >= 15 is 0 Å². The van der Waals surface area contributed by atoms with Gasteiger partial charge in [0.15, 0.2) is 11.5 Å². The molecule has 0 aliphatic rings. The Morgan fingerprint density at radius 1 is 0.902 bits per heavy atom. The number of aryl methyl sites for hydroxylation is 2. The van der Waals surface area contributed by atoms with Gasteiger partial charge in [-0.05, 0) is 80.6 Å². The topological polar surface area (TPSA) is 80.3 Å². The minimum atomic E-state index is -0.296. The Bertz CT molecular complexity index is 1260. The highest BCUT2D eigenvalue weighted by atomic mass is 32.1. The van der Waals surface area contributed by atoms with E-state index in [9.17, 15) is 9.59 Å². The molecular weight excluding hydrogens is 538 g/mol. The lowest BCUT2D eigenvalue weighted by molar-refractivity contribution is -0.132. The van der Waals surface area contributed by atoms with Gasteiger partial charge < -0.3 is 29.3 Å². The van der Waals surface area contributed by atoms with E-state index in [2.05, 4.69) is 31.3 Å². The zero-order valence-electron chi connectivity index (χ0n) is 24.9. The molecule has 2 aromatic carbocycles. The first-order chi connectivity index (χ1) is 19.9. The molecule has 1 N–H and O–H groups in total. The van der Waals surface area contributed by atoms with Gasteiger partial charge in [0.25, 0.3) is 0 Å². The highest BCUT2D eigenvalue weighted by molar-refractivity contribution is 7.11. The third kappa shape index (κ3) is 10.1. The van der Waals surface area contributed by atoms with Gasteiger partial charge in [-0.1, -0.05) is 25.1 Å². The molecular formula is C32H43N3O5S. The van der Waals surface area contributed by atoms with Gasteiger partial charge in [0.1, 0.15) is 6.54 Å². The maximum absolute atomic E-state index is 13.8. The lowest BCUT2D eigenvalue weighted by Crippen LogP contribution is -2.45. The van der Waals surface area contributed by atoms with Crippen molar-refractivity contribution < 1.29 is 23.8 Å². The van der Waals surface area contributed by atoms with Crippen LogP contribution in [0.5, 0.6) is 11.5 Å². The van der Waals surface area contributed by atoms with Crippen LogP contribution in [0.3, 0.4) is 0 Å². The average Bonchev–Trinajstić information content (AvgIpc) is 3.40. The molecule has 0 unspecified atom stereocenters. The third-order valence-corrected chi connectivity index (χ3v) is 7.72. The number of hydrogen-bond donors (Lipinski definition) is 1. The van der Waals surface area contributed by atoms with Gasteiger partial charge >= 0.3 is 6.03 Å². The second kappa shape index (κ2) is 16.6. The van der Waals surface area contributed by atoms with Crippen LogP contribution in [0.15, 0.2) is 54.6 Å². The number of methoxy groups -OCH3 is 2. The normalized spacial score (nSPS) is 10.8. The summed E-state index contributed by atoms with van der Waals surface area (Å²) in [7, 11) is 3.22. The Morgan fingerprint density at radius 3 is 2.39 bits per heavy atom. The van der Waals surface area contributed by atoms with Gasteiger partial charge in [0.05, 0.1) is 20.8 Å². The molecule has 3 amide bonds. The van der Waals surface area contributed by atoms with Gasteiger partial charge in [-0.3, -0.25) is 4.79 Å². The molecule has 0 atom stereocenters. The van der Waals surface area contributed by atoms with Crippen LogP contribution in [0.2, 0.25) is 0 Å². The SMILES string of the molecule is CCOCCCN(CC(=O)N(CCc1ccc(OC)c(OC)c1)Cc1ccc(C)s1)C(=O)Nc1cccc(CC)c1. The minimum Gasteiger partial charge on any atom is -0.493 e. The summed E-state index contributed by atoms with van der Waals surface area (Å²) < 4.78 is 16.3. The highest BCUT2D eigenvalue weighted by Gasteiger charge is 2.22. The average molecular weight is 582 g/mol. The Hall–Kier alpha value is -3.56. The molecule has 0 saturated carbocycles. The van der Waals surface area contributed by atoms with E-state index in [1.54, 1.807) is 30.5 Å². The maximum atomic E-state index is 13.8. The van der Waals surface area contributed by atoms with E-state index in [1.807, 2.05) is 54.3 Å². The van der Waals surface area contributed by atoms with Crippen molar-refractivity contribution in [3.63, 3.8) is 0 Å². The number of hydrogen-bond acceptors (Lipinski definition) is 6. The fourth-order valence-corrected chi connectivity index (χ4v) is 5.35. The van der Waals surface area contributed by atoms with Gasteiger partial charge in [-0.25, -0.2) is 4.79 Å².